The maximum atomic E-state index is 12.3. The van der Waals surface area contributed by atoms with Crippen molar-refractivity contribution in [2.45, 2.75) is 32.0 Å². The second-order valence-electron chi connectivity index (χ2n) is 4.26. The third-order valence-electron chi connectivity index (χ3n) is 2.65. The Bertz CT molecular complexity index is 537. The molecule has 2 aromatic heterocycles. The lowest BCUT2D eigenvalue weighted by molar-refractivity contribution is -0.134. The van der Waals surface area contributed by atoms with Crippen LogP contribution in [0.25, 0.3) is 0 Å². The molecule has 0 aliphatic rings. The second kappa shape index (κ2) is 6.36. The Morgan fingerprint density at radius 2 is 2.15 bits per heavy atom. The zero-order valence-corrected chi connectivity index (χ0v) is 11.4. The fraction of sp³-hybridized carbons (Fsp3) is 0.500. The summed E-state index contributed by atoms with van der Waals surface area (Å²) in [7, 11) is 0. The molecule has 1 N–H and O–H groups in total. The van der Waals surface area contributed by atoms with E-state index in [0.29, 0.717) is 12.2 Å². The van der Waals surface area contributed by atoms with Gasteiger partial charge in [-0.1, -0.05) is 6.07 Å². The van der Waals surface area contributed by atoms with E-state index < -0.39 is 12.6 Å². The zero-order valence-electron chi connectivity index (χ0n) is 10.6. The van der Waals surface area contributed by atoms with Gasteiger partial charge in [0.25, 0.3) is 0 Å². The first-order valence-corrected chi connectivity index (χ1v) is 6.98. The zero-order chi connectivity index (χ0) is 14.6. The van der Waals surface area contributed by atoms with Crippen LogP contribution in [0.2, 0.25) is 0 Å². The molecule has 4 nitrogen and oxygen atoms in total. The predicted octanol–water partition coefficient (Wildman–Crippen LogP) is 2.42. The van der Waals surface area contributed by atoms with E-state index in [0.717, 1.165) is 4.88 Å². The SMILES string of the molecule is OCCn1nc(Cc2cccs2)nc1CCC(F)(F)F. The van der Waals surface area contributed by atoms with Gasteiger partial charge in [-0.25, -0.2) is 9.67 Å². The van der Waals surface area contributed by atoms with Crippen LogP contribution in [-0.2, 0) is 19.4 Å². The van der Waals surface area contributed by atoms with Crippen LogP contribution in [-0.4, -0.2) is 32.7 Å². The van der Waals surface area contributed by atoms with Gasteiger partial charge in [-0.05, 0) is 11.4 Å². The summed E-state index contributed by atoms with van der Waals surface area (Å²) in [4.78, 5) is 5.20. The molecule has 8 heteroatoms. The summed E-state index contributed by atoms with van der Waals surface area (Å²) in [6.45, 7) is -0.0224. The van der Waals surface area contributed by atoms with Gasteiger partial charge in [-0.3, -0.25) is 0 Å². The van der Waals surface area contributed by atoms with Crippen LogP contribution >= 0.6 is 11.3 Å². The molecule has 2 heterocycles. The lowest BCUT2D eigenvalue weighted by Gasteiger charge is -2.06. The van der Waals surface area contributed by atoms with Crippen molar-refractivity contribution < 1.29 is 18.3 Å². The van der Waals surface area contributed by atoms with Gasteiger partial charge in [-0.2, -0.15) is 18.3 Å². The molecule has 0 amide bonds. The van der Waals surface area contributed by atoms with E-state index in [2.05, 4.69) is 10.1 Å². The Balaban J connectivity index is 2.10. The van der Waals surface area contributed by atoms with Crippen molar-refractivity contribution in [1.29, 1.82) is 0 Å². The highest BCUT2D eigenvalue weighted by Crippen LogP contribution is 2.22. The molecule has 0 saturated heterocycles. The van der Waals surface area contributed by atoms with Crippen LogP contribution in [0.15, 0.2) is 17.5 Å². The molecule has 110 valence electrons. The van der Waals surface area contributed by atoms with Gasteiger partial charge >= 0.3 is 6.18 Å². The monoisotopic (exact) mass is 305 g/mol. The van der Waals surface area contributed by atoms with Gasteiger partial charge in [0, 0.05) is 17.7 Å². The van der Waals surface area contributed by atoms with Crippen molar-refractivity contribution in [2.75, 3.05) is 6.61 Å². The first kappa shape index (κ1) is 15.0. The highest BCUT2D eigenvalue weighted by molar-refractivity contribution is 7.09. The molecule has 0 aromatic carbocycles. The molecular formula is C12H14F3N3OS. The molecule has 2 aromatic rings. The van der Waals surface area contributed by atoms with Crippen LogP contribution < -0.4 is 0 Å². The Morgan fingerprint density at radius 3 is 2.75 bits per heavy atom. The number of hydrogen-bond donors (Lipinski definition) is 1. The molecule has 0 fully saturated rings. The normalized spacial score (nSPS) is 12.0. The van der Waals surface area contributed by atoms with Gasteiger partial charge in [0.15, 0.2) is 5.82 Å². The molecule has 0 aliphatic carbocycles. The summed E-state index contributed by atoms with van der Waals surface area (Å²) in [5, 5.41) is 15.0. The van der Waals surface area contributed by atoms with Crippen LogP contribution in [0.1, 0.15) is 22.9 Å². The van der Waals surface area contributed by atoms with Crippen molar-refractivity contribution in [1.82, 2.24) is 14.8 Å². The second-order valence-corrected chi connectivity index (χ2v) is 5.29. The summed E-state index contributed by atoms with van der Waals surface area (Å²) in [5.41, 5.74) is 0. The van der Waals surface area contributed by atoms with Crippen molar-refractivity contribution in [3.63, 3.8) is 0 Å². The third-order valence-corrected chi connectivity index (χ3v) is 3.52. The van der Waals surface area contributed by atoms with E-state index in [1.165, 1.54) is 4.68 Å². The highest BCUT2D eigenvalue weighted by Gasteiger charge is 2.28. The summed E-state index contributed by atoms with van der Waals surface area (Å²) < 4.78 is 38.2. The molecule has 2 rings (SSSR count). The molecule has 0 spiro atoms. The molecule has 0 saturated carbocycles. The summed E-state index contributed by atoms with van der Waals surface area (Å²) in [5.74, 6) is 0.751. The molecule has 0 bridgehead atoms. The standard InChI is InChI=1S/C12H14F3N3OS/c13-12(14,15)4-3-11-16-10(17-18(11)5-6-19)8-9-2-1-7-20-9/h1-2,7,19H,3-6,8H2. The van der Waals surface area contributed by atoms with E-state index in [4.69, 9.17) is 5.11 Å². The maximum absolute atomic E-state index is 12.3. The fourth-order valence-corrected chi connectivity index (χ4v) is 2.48. The number of nitrogens with zero attached hydrogens (tertiary/aromatic N) is 3. The van der Waals surface area contributed by atoms with Crippen LogP contribution in [0.4, 0.5) is 13.2 Å². The van der Waals surface area contributed by atoms with Gasteiger partial charge in [0.1, 0.15) is 5.82 Å². The van der Waals surface area contributed by atoms with Crippen molar-refractivity contribution in [2.24, 2.45) is 0 Å². The Kier molecular flexibility index (Phi) is 4.77. The number of aromatic nitrogens is 3. The lowest BCUT2D eigenvalue weighted by atomic mass is 10.3. The lowest BCUT2D eigenvalue weighted by Crippen LogP contribution is -2.13. The first-order valence-electron chi connectivity index (χ1n) is 6.10. The van der Waals surface area contributed by atoms with Crippen LogP contribution in [0.3, 0.4) is 0 Å². The number of hydrogen-bond acceptors (Lipinski definition) is 4. The predicted molar refractivity (Wildman–Crippen MR) is 68.6 cm³/mol. The first-order chi connectivity index (χ1) is 9.48. The highest BCUT2D eigenvalue weighted by atomic mass is 32.1. The van der Waals surface area contributed by atoms with E-state index in [-0.39, 0.29) is 25.4 Å². The molecule has 0 radical (unpaired) electrons. The number of alkyl halides is 3. The Hall–Kier alpha value is -1.41. The largest absolute Gasteiger partial charge is 0.394 e. The number of thiophene rings is 1. The minimum atomic E-state index is -4.22. The summed E-state index contributed by atoms with van der Waals surface area (Å²) in [6.07, 6.45) is -4.88. The van der Waals surface area contributed by atoms with E-state index in [1.807, 2.05) is 17.5 Å². The molecular weight excluding hydrogens is 291 g/mol. The Labute approximate surface area is 117 Å². The summed E-state index contributed by atoms with van der Waals surface area (Å²) >= 11 is 1.55. The minimum Gasteiger partial charge on any atom is -0.394 e. The summed E-state index contributed by atoms with van der Waals surface area (Å²) in [6, 6.07) is 3.82. The number of aryl methyl sites for hydroxylation is 1. The maximum Gasteiger partial charge on any atom is 0.389 e. The topological polar surface area (TPSA) is 50.9 Å². The number of rotatable bonds is 6. The smallest absolute Gasteiger partial charge is 0.389 e. The van der Waals surface area contributed by atoms with Gasteiger partial charge in [0.2, 0.25) is 0 Å². The van der Waals surface area contributed by atoms with Crippen LogP contribution in [0, 0.1) is 0 Å². The Morgan fingerprint density at radius 1 is 1.35 bits per heavy atom. The molecule has 0 atom stereocenters. The average Bonchev–Trinajstić information content (AvgIpc) is 2.97. The number of aliphatic hydroxyl groups excluding tert-OH is 1. The third kappa shape index (κ3) is 4.31. The molecule has 20 heavy (non-hydrogen) atoms. The van der Waals surface area contributed by atoms with E-state index in [9.17, 15) is 13.2 Å². The fourth-order valence-electron chi connectivity index (χ4n) is 1.78. The number of aliphatic hydroxyl groups is 1. The van der Waals surface area contributed by atoms with Gasteiger partial charge < -0.3 is 5.11 Å². The van der Waals surface area contributed by atoms with Crippen molar-refractivity contribution in [3.05, 3.63) is 34.0 Å². The van der Waals surface area contributed by atoms with Crippen LogP contribution in [0.5, 0.6) is 0 Å². The molecule has 0 aliphatic heterocycles. The quantitative estimate of drug-likeness (QED) is 0.891. The van der Waals surface area contributed by atoms with Gasteiger partial charge in [-0.15, -0.1) is 11.3 Å². The minimum absolute atomic E-state index is 0.157. The number of halogens is 3. The average molecular weight is 305 g/mol. The van der Waals surface area contributed by atoms with Gasteiger partial charge in [0.05, 0.1) is 19.6 Å². The van der Waals surface area contributed by atoms with Crippen molar-refractivity contribution >= 4 is 11.3 Å². The van der Waals surface area contributed by atoms with E-state index >= 15 is 0 Å². The van der Waals surface area contributed by atoms with E-state index in [1.54, 1.807) is 11.3 Å². The van der Waals surface area contributed by atoms with Crippen molar-refractivity contribution in [3.8, 4) is 0 Å². The molecule has 0 unspecified atom stereocenters.